The van der Waals surface area contributed by atoms with Crippen LogP contribution in [0.1, 0.15) is 13.8 Å². The predicted octanol–water partition coefficient (Wildman–Crippen LogP) is 4.34. The first-order valence-corrected chi connectivity index (χ1v) is 13.2. The molecule has 0 unspecified atom stereocenters. The Hall–Kier alpha value is -3.34. The van der Waals surface area contributed by atoms with E-state index in [0.29, 0.717) is 47.4 Å². The number of benzene rings is 1. The first-order valence-electron chi connectivity index (χ1n) is 12.4. The second-order valence-corrected chi connectivity index (χ2v) is 11.1. The van der Waals surface area contributed by atoms with Gasteiger partial charge in [0.15, 0.2) is 5.82 Å². The summed E-state index contributed by atoms with van der Waals surface area (Å²) >= 11 is 13.4. The molecular formula is C27H30Cl2N6O4. The van der Waals surface area contributed by atoms with E-state index in [-0.39, 0.29) is 33.5 Å². The lowest BCUT2D eigenvalue weighted by Gasteiger charge is -2.47. The van der Waals surface area contributed by atoms with E-state index >= 15 is 0 Å². The van der Waals surface area contributed by atoms with Crippen molar-refractivity contribution in [3.8, 4) is 22.9 Å². The van der Waals surface area contributed by atoms with Crippen LogP contribution in [0.5, 0.6) is 11.5 Å². The maximum atomic E-state index is 11.8. The van der Waals surface area contributed by atoms with Gasteiger partial charge in [0.2, 0.25) is 5.91 Å². The summed E-state index contributed by atoms with van der Waals surface area (Å²) in [6.45, 7) is 10.4. The quantitative estimate of drug-likeness (QED) is 0.380. The summed E-state index contributed by atoms with van der Waals surface area (Å²) in [6.07, 6.45) is 2.93. The Kier molecular flexibility index (Phi) is 7.45. The minimum atomic E-state index is -0.251. The lowest BCUT2D eigenvalue weighted by atomic mass is 9.84. The Labute approximate surface area is 236 Å². The van der Waals surface area contributed by atoms with Gasteiger partial charge in [-0.15, -0.1) is 0 Å². The molecule has 0 aliphatic carbocycles. The highest BCUT2D eigenvalue weighted by Gasteiger charge is 2.37. The molecule has 4 heterocycles. The molecule has 2 N–H and O–H groups in total. The van der Waals surface area contributed by atoms with Crippen LogP contribution in [0.4, 0.5) is 11.6 Å². The zero-order chi connectivity index (χ0) is 27.9. The first kappa shape index (κ1) is 27.2. The van der Waals surface area contributed by atoms with Crippen molar-refractivity contribution in [3.63, 3.8) is 0 Å². The number of anilines is 2. The number of carbonyl (C=O) groups is 1. The van der Waals surface area contributed by atoms with Gasteiger partial charge >= 0.3 is 0 Å². The Morgan fingerprint density at radius 1 is 1.13 bits per heavy atom. The lowest BCUT2D eigenvalue weighted by Crippen LogP contribution is -2.53. The van der Waals surface area contributed by atoms with E-state index in [0.717, 1.165) is 24.3 Å². The molecule has 1 amide bonds. The molecule has 3 aromatic rings. The Bertz CT molecular complexity index is 1410. The zero-order valence-electron chi connectivity index (χ0n) is 22.2. The van der Waals surface area contributed by atoms with Crippen molar-refractivity contribution in [2.75, 3.05) is 50.7 Å². The largest absolute Gasteiger partial charge is 0.495 e. The molecule has 0 radical (unpaired) electrons. The van der Waals surface area contributed by atoms with Gasteiger partial charge in [0.25, 0.3) is 0 Å². The third kappa shape index (κ3) is 5.28. The van der Waals surface area contributed by atoms with E-state index in [2.05, 4.69) is 40.9 Å². The van der Waals surface area contributed by atoms with Crippen molar-refractivity contribution < 1.29 is 19.0 Å². The monoisotopic (exact) mass is 572 g/mol. The third-order valence-corrected chi connectivity index (χ3v) is 7.57. The van der Waals surface area contributed by atoms with Gasteiger partial charge in [-0.2, -0.15) is 0 Å². The maximum absolute atomic E-state index is 11.8. The average Bonchev–Trinajstić information content (AvgIpc) is 3.33. The van der Waals surface area contributed by atoms with Crippen molar-refractivity contribution in [2.45, 2.75) is 25.9 Å². The van der Waals surface area contributed by atoms with E-state index in [4.69, 9.17) is 47.4 Å². The van der Waals surface area contributed by atoms with Crippen LogP contribution >= 0.6 is 23.2 Å². The number of hydrogen-bond acceptors (Lipinski definition) is 9. The van der Waals surface area contributed by atoms with E-state index in [1.165, 1.54) is 20.3 Å². The topological polar surface area (TPSA) is 111 Å². The number of halogens is 2. The summed E-state index contributed by atoms with van der Waals surface area (Å²) < 4.78 is 16.5. The minimum absolute atomic E-state index is 0.151. The SMILES string of the molecule is C=CC(=O)N[C@H]1COC[C@H]1Nc1cc2c(N3CC(C)(C)C3)nc(-c3c(Cl)c(OC)cc(OC)c3Cl)nc2cn1. The minimum Gasteiger partial charge on any atom is -0.495 e. The summed E-state index contributed by atoms with van der Waals surface area (Å²) in [5, 5.41) is 7.69. The number of pyridine rings is 1. The first-order chi connectivity index (χ1) is 18.6. The molecule has 1 aromatic carbocycles. The maximum Gasteiger partial charge on any atom is 0.243 e. The molecule has 0 saturated carbocycles. The van der Waals surface area contributed by atoms with Crippen LogP contribution in [0.3, 0.4) is 0 Å². The summed E-state index contributed by atoms with van der Waals surface area (Å²) in [5.74, 6) is 2.25. The van der Waals surface area contributed by atoms with Gasteiger partial charge in [0.1, 0.15) is 23.1 Å². The van der Waals surface area contributed by atoms with Crippen molar-refractivity contribution >= 4 is 51.6 Å². The number of ether oxygens (including phenoxy) is 3. The molecule has 2 fully saturated rings. The molecule has 0 spiro atoms. The van der Waals surface area contributed by atoms with Crippen LogP contribution in [0.15, 0.2) is 31.0 Å². The molecule has 5 rings (SSSR count). The molecular weight excluding hydrogens is 543 g/mol. The van der Waals surface area contributed by atoms with Gasteiger partial charge in [-0.25, -0.2) is 15.0 Å². The number of fused-ring (bicyclic) bond motifs is 1. The highest BCUT2D eigenvalue weighted by atomic mass is 35.5. The number of methoxy groups -OCH3 is 2. The number of nitrogens with one attached hydrogen (secondary N) is 2. The highest BCUT2D eigenvalue weighted by Crippen LogP contribution is 2.46. The van der Waals surface area contributed by atoms with Crippen LogP contribution < -0.4 is 25.0 Å². The van der Waals surface area contributed by atoms with Crippen LogP contribution in [-0.2, 0) is 9.53 Å². The predicted molar refractivity (Wildman–Crippen MR) is 152 cm³/mol. The number of aromatic nitrogens is 3. The second kappa shape index (κ2) is 10.7. The molecule has 2 aliphatic rings. The van der Waals surface area contributed by atoms with E-state index < -0.39 is 0 Å². The zero-order valence-corrected chi connectivity index (χ0v) is 23.7. The number of hydrogen-bond donors (Lipinski definition) is 2. The molecule has 0 bridgehead atoms. The van der Waals surface area contributed by atoms with Gasteiger partial charge in [-0.1, -0.05) is 43.6 Å². The Morgan fingerprint density at radius 2 is 1.79 bits per heavy atom. The summed E-state index contributed by atoms with van der Waals surface area (Å²) in [7, 11) is 3.04. The molecule has 39 heavy (non-hydrogen) atoms. The average molecular weight is 573 g/mol. The van der Waals surface area contributed by atoms with Gasteiger partial charge in [0, 0.05) is 24.5 Å². The lowest BCUT2D eigenvalue weighted by molar-refractivity contribution is -0.117. The Morgan fingerprint density at radius 3 is 2.41 bits per heavy atom. The fourth-order valence-corrected chi connectivity index (χ4v) is 5.61. The fourth-order valence-electron chi connectivity index (χ4n) is 4.94. The summed E-state index contributed by atoms with van der Waals surface area (Å²) in [6, 6.07) is 3.17. The molecule has 206 valence electrons. The Balaban J connectivity index is 1.58. The standard InChI is InChI=1S/C27H30Cl2N6O4/c1-6-21(36)32-17-11-39-10-16(17)31-20-7-14-15(9-30-20)33-25(34-26(14)35-12-27(2,3)13-35)22-23(28)18(37-4)8-19(38-5)24(22)29/h6-9,16-17H,1,10-13H2,2-5H3,(H,30,31)(H,32,36)/t16-,17+/m1/s1. The molecule has 2 aliphatic heterocycles. The van der Waals surface area contributed by atoms with Gasteiger partial charge < -0.3 is 29.7 Å². The molecule has 2 aromatic heterocycles. The smallest absolute Gasteiger partial charge is 0.243 e. The van der Waals surface area contributed by atoms with Crippen LogP contribution in [0, 0.1) is 5.41 Å². The third-order valence-electron chi connectivity index (χ3n) is 6.82. The van der Waals surface area contributed by atoms with Crippen LogP contribution in [-0.4, -0.2) is 73.5 Å². The van der Waals surface area contributed by atoms with E-state index in [1.807, 2.05) is 6.07 Å². The van der Waals surface area contributed by atoms with Crippen molar-refractivity contribution in [2.24, 2.45) is 5.41 Å². The molecule has 2 atom stereocenters. The van der Waals surface area contributed by atoms with Gasteiger partial charge in [0.05, 0.1) is 66.8 Å². The molecule has 10 nitrogen and oxygen atoms in total. The number of nitrogens with zero attached hydrogens (tertiary/aromatic N) is 4. The normalized spacial score (nSPS) is 19.9. The second-order valence-electron chi connectivity index (χ2n) is 10.4. The van der Waals surface area contributed by atoms with E-state index in [1.54, 1.807) is 12.3 Å². The van der Waals surface area contributed by atoms with Crippen molar-refractivity contribution in [1.29, 1.82) is 0 Å². The summed E-state index contributed by atoms with van der Waals surface area (Å²) in [5.41, 5.74) is 1.19. The fraction of sp³-hybridized carbons (Fsp3) is 0.407. The van der Waals surface area contributed by atoms with E-state index in [9.17, 15) is 4.79 Å². The number of carbonyl (C=O) groups excluding carboxylic acids is 1. The van der Waals surface area contributed by atoms with Crippen LogP contribution in [0.2, 0.25) is 10.0 Å². The van der Waals surface area contributed by atoms with Crippen molar-refractivity contribution in [3.05, 3.63) is 41.0 Å². The van der Waals surface area contributed by atoms with Gasteiger partial charge in [-0.05, 0) is 17.6 Å². The molecule has 12 heteroatoms. The summed E-state index contributed by atoms with van der Waals surface area (Å²) in [4.78, 5) is 28.4. The number of amides is 1. The van der Waals surface area contributed by atoms with Crippen LogP contribution in [0.25, 0.3) is 22.3 Å². The van der Waals surface area contributed by atoms with Crippen molar-refractivity contribution in [1.82, 2.24) is 20.3 Å². The van der Waals surface area contributed by atoms with Gasteiger partial charge in [-0.3, -0.25) is 4.79 Å². The highest BCUT2D eigenvalue weighted by molar-refractivity contribution is 6.41. The molecule has 2 saturated heterocycles. The number of rotatable bonds is 8.